The first-order valence-electron chi connectivity index (χ1n) is 15.3. The summed E-state index contributed by atoms with van der Waals surface area (Å²) < 4.78 is 6.74. The van der Waals surface area contributed by atoms with Crippen LogP contribution < -0.4 is 0 Å². The van der Waals surface area contributed by atoms with Crippen molar-refractivity contribution in [3.63, 3.8) is 0 Å². The average Bonchev–Trinajstić information content (AvgIpc) is 2.79. The first-order valence-corrected chi connectivity index (χ1v) is 16.5. The van der Waals surface area contributed by atoms with Crippen molar-refractivity contribution in [3.8, 4) is 0 Å². The van der Waals surface area contributed by atoms with Crippen LogP contribution in [0.4, 0.5) is 0 Å². The van der Waals surface area contributed by atoms with Crippen LogP contribution in [0.25, 0.3) is 0 Å². The Bertz CT molecular complexity index is 965. The van der Waals surface area contributed by atoms with Gasteiger partial charge >= 0.3 is 8.60 Å². The van der Waals surface area contributed by atoms with Crippen LogP contribution in [0.15, 0.2) is 36.4 Å². The maximum atomic E-state index is 10.8. The first kappa shape index (κ1) is 34.9. The van der Waals surface area contributed by atoms with Crippen LogP contribution in [0.5, 0.6) is 0 Å². The Hall–Kier alpha value is -1.25. The molecule has 2 N–H and O–H groups in total. The van der Waals surface area contributed by atoms with Gasteiger partial charge < -0.3 is 9.79 Å². The van der Waals surface area contributed by atoms with Gasteiger partial charge in [0.05, 0.1) is 0 Å². The molecule has 0 aliphatic rings. The highest BCUT2D eigenvalue weighted by Crippen LogP contribution is 2.56. The zero-order valence-corrected chi connectivity index (χ0v) is 28.9. The molecule has 0 fully saturated rings. The Morgan fingerprint density at radius 3 is 1.15 bits per heavy atom. The number of benzene rings is 2. The Morgan fingerprint density at radius 1 is 0.550 bits per heavy atom. The van der Waals surface area contributed by atoms with Crippen molar-refractivity contribution in [2.45, 2.75) is 156 Å². The van der Waals surface area contributed by atoms with E-state index >= 15 is 0 Å². The first-order chi connectivity index (χ1) is 18.2. The van der Waals surface area contributed by atoms with Gasteiger partial charge in [0.2, 0.25) is 0 Å². The molecule has 40 heavy (non-hydrogen) atoms. The summed E-state index contributed by atoms with van der Waals surface area (Å²) in [7, 11) is -2.66. The maximum absolute atomic E-state index is 10.8. The molecule has 0 saturated carbocycles. The number of hydrogen-bond donors (Lipinski definition) is 2. The van der Waals surface area contributed by atoms with Crippen molar-refractivity contribution < 1.29 is 14.3 Å². The van der Waals surface area contributed by atoms with Crippen LogP contribution in [0.2, 0.25) is 0 Å². The molecule has 0 aromatic heterocycles. The van der Waals surface area contributed by atoms with E-state index in [4.69, 9.17) is 4.52 Å². The SMILES string of the molecule is CCCCCCCC(OP(O)O)(c1c(C(C)(C)C)cccc1C(C)(C)C)c1c(C(C)(C)C)cccc1C(C)(C)C. The van der Waals surface area contributed by atoms with Crippen LogP contribution in [-0.2, 0) is 31.8 Å². The zero-order valence-electron chi connectivity index (χ0n) is 28.0. The van der Waals surface area contributed by atoms with Gasteiger partial charge in [-0.25, -0.2) is 0 Å². The van der Waals surface area contributed by atoms with Gasteiger partial charge in [-0.05, 0) is 67.9 Å². The average molecular weight is 571 g/mol. The standard InChI is InChI=1S/C36H59O3P/c1-14-15-16-17-18-25-36(39-40(37)38,30-26(32(2,3)4)21-19-22-27(30)33(5,6)7)31-28(34(8,9)10)23-20-24-29(31)35(11,12)13/h19-24,37-38H,14-18,25H2,1-13H3. The number of unbranched alkanes of at least 4 members (excludes halogenated alkanes) is 4. The third-order valence-corrected chi connectivity index (χ3v) is 8.51. The second kappa shape index (κ2) is 12.9. The van der Waals surface area contributed by atoms with E-state index < -0.39 is 14.2 Å². The predicted molar refractivity (Wildman–Crippen MR) is 174 cm³/mol. The minimum atomic E-state index is -2.66. The zero-order chi connectivity index (χ0) is 30.7. The second-order valence-corrected chi connectivity index (χ2v) is 16.5. The van der Waals surface area contributed by atoms with Gasteiger partial charge in [0, 0.05) is 0 Å². The maximum Gasteiger partial charge on any atom is 0.328 e. The molecule has 0 bridgehead atoms. The van der Waals surface area contributed by atoms with Gasteiger partial charge in [-0.3, -0.25) is 4.52 Å². The van der Waals surface area contributed by atoms with Gasteiger partial charge in [-0.2, -0.15) is 0 Å². The third-order valence-electron chi connectivity index (χ3n) is 8.04. The summed E-state index contributed by atoms with van der Waals surface area (Å²) in [4.78, 5) is 21.6. The molecular formula is C36H59O3P. The smallest absolute Gasteiger partial charge is 0.328 e. The summed E-state index contributed by atoms with van der Waals surface area (Å²) in [5, 5.41) is 0. The van der Waals surface area contributed by atoms with Gasteiger partial charge in [-0.15, -0.1) is 0 Å². The lowest BCUT2D eigenvalue weighted by atomic mass is 9.63. The Morgan fingerprint density at radius 2 is 0.875 bits per heavy atom. The molecule has 0 radical (unpaired) electrons. The third kappa shape index (κ3) is 8.19. The molecule has 226 valence electrons. The van der Waals surface area contributed by atoms with Gasteiger partial charge in [0.1, 0.15) is 5.60 Å². The summed E-state index contributed by atoms with van der Waals surface area (Å²) in [6.45, 7) is 29.3. The lowest BCUT2D eigenvalue weighted by Gasteiger charge is -2.46. The van der Waals surface area contributed by atoms with E-state index in [-0.39, 0.29) is 21.7 Å². The van der Waals surface area contributed by atoms with E-state index in [2.05, 4.69) is 126 Å². The Labute approximate surface area is 248 Å². The molecule has 2 rings (SSSR count). The quantitative estimate of drug-likeness (QED) is 0.221. The molecule has 0 unspecified atom stereocenters. The number of hydrogen-bond acceptors (Lipinski definition) is 3. The fraction of sp³-hybridized carbons (Fsp3) is 0.667. The molecule has 0 saturated heterocycles. The fourth-order valence-corrected chi connectivity index (χ4v) is 6.66. The minimum Gasteiger partial charge on any atom is -0.328 e. The van der Waals surface area contributed by atoms with Crippen molar-refractivity contribution in [2.75, 3.05) is 0 Å². The lowest BCUT2D eigenvalue weighted by molar-refractivity contribution is 0.0720. The molecule has 2 aromatic carbocycles. The summed E-state index contributed by atoms with van der Waals surface area (Å²) >= 11 is 0. The summed E-state index contributed by atoms with van der Waals surface area (Å²) in [6.07, 6.45) is 6.26. The largest absolute Gasteiger partial charge is 0.328 e. The van der Waals surface area contributed by atoms with Crippen LogP contribution in [0, 0.1) is 0 Å². The van der Waals surface area contributed by atoms with E-state index in [0.717, 1.165) is 24.0 Å². The van der Waals surface area contributed by atoms with Crippen LogP contribution in [-0.4, -0.2) is 9.79 Å². The van der Waals surface area contributed by atoms with E-state index in [1.54, 1.807) is 0 Å². The molecule has 0 heterocycles. The molecule has 0 atom stereocenters. The van der Waals surface area contributed by atoms with Gasteiger partial charge in [0.15, 0.2) is 0 Å². The molecule has 0 spiro atoms. The van der Waals surface area contributed by atoms with Crippen molar-refractivity contribution in [3.05, 3.63) is 69.8 Å². The van der Waals surface area contributed by atoms with Gasteiger partial charge in [0.25, 0.3) is 0 Å². The molecule has 0 aliphatic heterocycles. The van der Waals surface area contributed by atoms with Crippen molar-refractivity contribution in [1.82, 2.24) is 0 Å². The predicted octanol–water partition coefficient (Wildman–Crippen LogP) is 10.7. The highest BCUT2D eigenvalue weighted by molar-refractivity contribution is 7.39. The highest BCUT2D eigenvalue weighted by Gasteiger charge is 2.48. The topological polar surface area (TPSA) is 49.7 Å². The molecular weight excluding hydrogens is 511 g/mol. The van der Waals surface area contributed by atoms with Crippen molar-refractivity contribution >= 4 is 8.60 Å². The van der Waals surface area contributed by atoms with E-state index in [9.17, 15) is 9.79 Å². The molecule has 4 heteroatoms. The van der Waals surface area contributed by atoms with Gasteiger partial charge in [-0.1, -0.05) is 152 Å². The molecule has 0 amide bonds. The summed E-state index contributed by atoms with van der Waals surface area (Å²) in [6, 6.07) is 13.2. The number of rotatable bonds is 10. The normalized spacial score (nSPS) is 13.8. The second-order valence-electron chi connectivity index (χ2n) is 15.8. The Balaban J connectivity index is 3.27. The Kier molecular flexibility index (Phi) is 11.3. The van der Waals surface area contributed by atoms with Crippen LogP contribution in [0.1, 0.15) is 162 Å². The van der Waals surface area contributed by atoms with Crippen LogP contribution >= 0.6 is 8.60 Å². The van der Waals surface area contributed by atoms with Crippen LogP contribution in [0.3, 0.4) is 0 Å². The summed E-state index contributed by atoms with van der Waals surface area (Å²) in [5.41, 5.74) is 5.29. The lowest BCUT2D eigenvalue weighted by Crippen LogP contribution is -2.40. The van der Waals surface area contributed by atoms with E-state index in [1.165, 1.54) is 41.5 Å². The monoisotopic (exact) mass is 570 g/mol. The van der Waals surface area contributed by atoms with E-state index in [0.29, 0.717) is 6.42 Å². The van der Waals surface area contributed by atoms with E-state index in [1.807, 2.05) is 0 Å². The minimum absolute atomic E-state index is 0.181. The molecule has 2 aromatic rings. The van der Waals surface area contributed by atoms with Crippen molar-refractivity contribution in [2.24, 2.45) is 0 Å². The molecule has 3 nitrogen and oxygen atoms in total. The highest BCUT2D eigenvalue weighted by atomic mass is 31.2. The van der Waals surface area contributed by atoms with Crippen molar-refractivity contribution in [1.29, 1.82) is 0 Å². The fourth-order valence-electron chi connectivity index (χ4n) is 6.10. The summed E-state index contributed by atoms with van der Waals surface area (Å²) in [5.74, 6) is 0. The molecule has 0 aliphatic carbocycles.